The molecular weight excluding hydrogens is 1460 g/mol. The fourth-order valence-corrected chi connectivity index (χ4v) is 19.1. The molecule has 0 fully saturated rings. The predicted molar refractivity (Wildman–Crippen MR) is 545 cm³/mol. The van der Waals surface area contributed by atoms with Gasteiger partial charge >= 0.3 is 0 Å². The second-order valence-electron chi connectivity index (χ2n) is 39.7. The van der Waals surface area contributed by atoms with Crippen molar-refractivity contribution < 1.29 is 19.7 Å². The molecule has 0 heterocycles. The van der Waals surface area contributed by atoms with Gasteiger partial charge in [-0.2, -0.15) is 0 Å². The number of hydrogen-bond acceptors (Lipinski definition) is 4. The van der Waals surface area contributed by atoms with Crippen LogP contribution in [0.15, 0.2) is 25.7 Å². The van der Waals surface area contributed by atoms with Gasteiger partial charge in [0.25, 0.3) is 0 Å². The first-order chi connectivity index (χ1) is 59.8. The zero-order valence-corrected chi connectivity index (χ0v) is 83.5. The Labute approximate surface area is 760 Å². The second-order valence-corrected chi connectivity index (χ2v) is 39.7. The molecule has 0 radical (unpaired) electrons. The van der Waals surface area contributed by atoms with Gasteiger partial charge in [0.2, 0.25) is 0 Å². The number of hydrogen-bond donors (Lipinski definition) is 2. The van der Waals surface area contributed by atoms with Crippen molar-refractivity contribution in [1.82, 2.24) is 0 Å². The maximum absolute atomic E-state index is 8.82. The number of rotatable bonds is 114. The molecule has 0 aliphatic carbocycles. The van der Waals surface area contributed by atoms with E-state index < -0.39 is 0 Å². The Morgan fingerprint density at radius 1 is 0.100 bits per heavy atom. The molecule has 0 saturated carbocycles. The Balaban J connectivity index is 0. The Bertz CT molecular complexity index is 1560. The molecule has 0 aromatic carbocycles. The molecule has 4 nitrogen and oxygen atoms in total. The molecule has 0 spiro atoms. The summed E-state index contributed by atoms with van der Waals surface area (Å²) < 4.78 is 10.4. The normalized spacial score (nSPS) is 11.6. The number of aliphatic hydroxyl groups excluding tert-OH is 2. The van der Waals surface area contributed by atoms with Gasteiger partial charge in [0, 0.05) is 13.2 Å². The van der Waals surface area contributed by atoms with Crippen molar-refractivity contribution in [3.05, 3.63) is 25.7 Å². The standard InChI is InChI=1S/C60H118O2.C56H114O2/c1-3-61-59-57-55-53-51-49-47-45-43-41-39-37-35-33-31-29-27-25-23-21-19-17-15-13-11-9-7-5-6-8-10-12-14-16-18-20-22-24-26-28-30-32-34-36-38-40-42-44-46-48-50-52-54-56-58-60-62-4-2;57-55-53-51-49-47-45-43-41-39-37-35-33-31-29-27-25-23-21-19-17-15-13-11-9-7-5-3-1-2-4-6-8-10-12-14-16-18-20-22-24-26-28-30-32-34-36-38-40-42-44-46-48-50-52-54-56-58/h3-4H,1-2,5-60H2;57-58H,1-56H2. The highest BCUT2D eigenvalue weighted by Crippen LogP contribution is 2.25. The van der Waals surface area contributed by atoms with E-state index in [2.05, 4.69) is 13.2 Å². The van der Waals surface area contributed by atoms with Crippen LogP contribution in [0.5, 0.6) is 0 Å². The third-order valence-corrected chi connectivity index (χ3v) is 27.6. The van der Waals surface area contributed by atoms with Crippen LogP contribution in [0.3, 0.4) is 0 Å². The zero-order valence-electron chi connectivity index (χ0n) is 83.5. The van der Waals surface area contributed by atoms with E-state index in [0.717, 1.165) is 26.1 Å². The van der Waals surface area contributed by atoms with Crippen LogP contribution in [-0.4, -0.2) is 36.6 Å². The summed E-state index contributed by atoms with van der Waals surface area (Å²) in [4.78, 5) is 0. The van der Waals surface area contributed by atoms with E-state index in [4.69, 9.17) is 19.7 Å². The van der Waals surface area contributed by atoms with Crippen LogP contribution in [0.25, 0.3) is 0 Å². The Kier molecular flexibility index (Phi) is 123. The zero-order chi connectivity index (χ0) is 86.0. The molecule has 0 aromatic heterocycles. The SMILES string of the molecule is C=COCCCCCCCCCCCCCCCCCCCCCCCCCCCCCCCCCCCCCCCCCCCCCCCCCCCCCCCCOC=C.OCCCCCCCCCCCCCCCCCCCCCCCCCCCCCCCCCCCCCCCCCCCCCCCCCCCCCCCCO. The van der Waals surface area contributed by atoms with Crippen molar-refractivity contribution in [1.29, 1.82) is 0 Å². The van der Waals surface area contributed by atoms with Crippen LogP contribution in [0.2, 0.25) is 0 Å². The molecule has 0 bridgehead atoms. The van der Waals surface area contributed by atoms with Gasteiger partial charge in [-0.05, 0) is 25.7 Å². The van der Waals surface area contributed by atoms with E-state index in [1.54, 1.807) is 12.5 Å². The van der Waals surface area contributed by atoms with Crippen molar-refractivity contribution in [2.45, 2.75) is 693 Å². The third kappa shape index (κ3) is 123. The minimum atomic E-state index is 0.374. The van der Waals surface area contributed by atoms with E-state index in [-0.39, 0.29) is 0 Å². The molecule has 4 heteroatoms. The first-order valence-electron chi connectivity index (χ1n) is 57.5. The van der Waals surface area contributed by atoms with Gasteiger partial charge in [-0.1, -0.05) is 681 Å². The molecule has 0 aromatic rings. The van der Waals surface area contributed by atoms with E-state index in [1.165, 1.54) is 681 Å². The van der Waals surface area contributed by atoms with Crippen LogP contribution >= 0.6 is 0 Å². The van der Waals surface area contributed by atoms with E-state index in [9.17, 15) is 0 Å². The summed E-state index contributed by atoms with van der Waals surface area (Å²) >= 11 is 0. The number of unbranched alkanes of at least 4 members (excludes halogenated alkanes) is 106. The van der Waals surface area contributed by atoms with Crippen LogP contribution in [-0.2, 0) is 9.47 Å². The van der Waals surface area contributed by atoms with Crippen molar-refractivity contribution in [3.8, 4) is 0 Å². The fraction of sp³-hybridized carbons (Fsp3) is 0.966. The monoisotopic (exact) mass is 1690 g/mol. The number of ether oxygens (including phenoxy) is 2. The summed E-state index contributed by atoms with van der Waals surface area (Å²) in [5, 5.41) is 17.6. The Hall–Kier alpha value is -1.00. The van der Waals surface area contributed by atoms with Crippen molar-refractivity contribution >= 4 is 0 Å². The quantitative estimate of drug-likeness (QED) is 0.0471. The average molecular weight is 1690 g/mol. The molecule has 2 N–H and O–H groups in total. The highest BCUT2D eigenvalue weighted by atomic mass is 16.5. The molecule has 120 heavy (non-hydrogen) atoms. The lowest BCUT2D eigenvalue weighted by atomic mass is 10.0. The van der Waals surface area contributed by atoms with Crippen molar-refractivity contribution in [2.75, 3.05) is 26.4 Å². The molecule has 0 amide bonds. The summed E-state index contributed by atoms with van der Waals surface area (Å²) in [5.41, 5.74) is 0. The lowest BCUT2D eigenvalue weighted by molar-refractivity contribution is 0.241. The molecule has 0 atom stereocenters. The molecule has 0 aliphatic rings. The Morgan fingerprint density at radius 2 is 0.158 bits per heavy atom. The van der Waals surface area contributed by atoms with Gasteiger partial charge in [0.1, 0.15) is 0 Å². The van der Waals surface area contributed by atoms with Crippen molar-refractivity contribution in [3.63, 3.8) is 0 Å². The molecule has 0 rings (SSSR count). The van der Waals surface area contributed by atoms with Gasteiger partial charge in [0.05, 0.1) is 25.7 Å². The first-order valence-corrected chi connectivity index (χ1v) is 57.5. The summed E-state index contributed by atoms with van der Waals surface area (Å²) in [6, 6.07) is 0. The van der Waals surface area contributed by atoms with Gasteiger partial charge < -0.3 is 19.7 Å². The van der Waals surface area contributed by atoms with E-state index in [0.29, 0.717) is 13.2 Å². The van der Waals surface area contributed by atoms with E-state index in [1.807, 2.05) is 0 Å². The maximum Gasteiger partial charge on any atom is 0.0873 e. The highest BCUT2D eigenvalue weighted by Gasteiger charge is 2.05. The topological polar surface area (TPSA) is 58.9 Å². The summed E-state index contributed by atoms with van der Waals surface area (Å²) in [7, 11) is 0. The predicted octanol–water partition coefficient (Wildman–Crippen LogP) is 42.4. The Morgan fingerprint density at radius 3 is 0.217 bits per heavy atom. The number of aliphatic hydroxyl groups is 2. The van der Waals surface area contributed by atoms with Crippen molar-refractivity contribution in [2.24, 2.45) is 0 Å². The second kappa shape index (κ2) is 122. The van der Waals surface area contributed by atoms with Crippen LogP contribution in [0.4, 0.5) is 0 Å². The first kappa shape index (κ1) is 121. The highest BCUT2D eigenvalue weighted by molar-refractivity contribution is 4.61. The molecule has 0 saturated heterocycles. The van der Waals surface area contributed by atoms with Crippen LogP contribution in [0.1, 0.15) is 693 Å². The van der Waals surface area contributed by atoms with Gasteiger partial charge in [-0.25, -0.2) is 0 Å². The maximum atomic E-state index is 8.82. The molecular formula is C116H232O4. The smallest absolute Gasteiger partial charge is 0.0873 e. The summed E-state index contributed by atoms with van der Waals surface area (Å²) in [6.45, 7) is 9.64. The molecule has 0 aliphatic heterocycles. The lowest BCUT2D eigenvalue weighted by Gasteiger charge is -2.05. The van der Waals surface area contributed by atoms with Crippen LogP contribution in [0, 0.1) is 0 Å². The minimum absolute atomic E-state index is 0.374. The molecule has 0 unspecified atom stereocenters. The summed E-state index contributed by atoms with van der Waals surface area (Å²) in [6.07, 6.45) is 159. The van der Waals surface area contributed by atoms with Crippen LogP contribution < -0.4 is 0 Å². The van der Waals surface area contributed by atoms with Gasteiger partial charge in [-0.15, -0.1) is 0 Å². The minimum Gasteiger partial charge on any atom is -0.502 e. The van der Waals surface area contributed by atoms with Gasteiger partial charge in [-0.3, -0.25) is 0 Å². The fourth-order valence-electron chi connectivity index (χ4n) is 19.1. The largest absolute Gasteiger partial charge is 0.502 e. The molecule has 720 valence electrons. The van der Waals surface area contributed by atoms with Gasteiger partial charge in [0.15, 0.2) is 0 Å². The third-order valence-electron chi connectivity index (χ3n) is 27.6. The lowest BCUT2D eigenvalue weighted by Crippen LogP contribution is -1.87. The summed E-state index contributed by atoms with van der Waals surface area (Å²) in [5.74, 6) is 0. The average Bonchev–Trinajstić information content (AvgIpc) is 1.61. The van der Waals surface area contributed by atoms with E-state index >= 15 is 0 Å².